The zero-order valence-electron chi connectivity index (χ0n) is 10.6. The minimum Gasteiger partial charge on any atom is -0.390 e. The number of hydrogen-bond donors (Lipinski definition) is 1. The van der Waals surface area contributed by atoms with Crippen LogP contribution in [-0.4, -0.2) is 11.6 Å². The van der Waals surface area contributed by atoms with Crippen LogP contribution in [0.5, 0.6) is 0 Å². The fourth-order valence-electron chi connectivity index (χ4n) is 2.52. The molecule has 0 saturated carbocycles. The van der Waals surface area contributed by atoms with Crippen LogP contribution in [0.15, 0.2) is 24.3 Å². The summed E-state index contributed by atoms with van der Waals surface area (Å²) < 4.78 is 0. The SMILES string of the molecule is Nc1sc2c(c1C(=O)c1ccccc1Cl)CCCC2=O. The molecule has 1 aliphatic carbocycles. The smallest absolute Gasteiger partial charge is 0.197 e. The van der Waals surface area contributed by atoms with Gasteiger partial charge in [-0.1, -0.05) is 23.7 Å². The average molecular weight is 306 g/mol. The summed E-state index contributed by atoms with van der Waals surface area (Å²) in [6, 6.07) is 6.89. The van der Waals surface area contributed by atoms with Gasteiger partial charge in [0.15, 0.2) is 11.6 Å². The number of rotatable bonds is 2. The highest BCUT2D eigenvalue weighted by atomic mass is 35.5. The number of nitrogen functional groups attached to an aromatic ring is 1. The van der Waals surface area contributed by atoms with E-state index in [0.717, 1.165) is 18.4 Å². The molecule has 1 aliphatic rings. The summed E-state index contributed by atoms with van der Waals surface area (Å²) in [5.74, 6) is -0.110. The average Bonchev–Trinajstić information content (AvgIpc) is 2.76. The molecule has 3 rings (SSSR count). The number of benzene rings is 1. The van der Waals surface area contributed by atoms with Crippen molar-refractivity contribution in [3.05, 3.63) is 50.9 Å². The molecule has 2 N–H and O–H groups in total. The van der Waals surface area contributed by atoms with E-state index in [0.29, 0.717) is 32.4 Å². The van der Waals surface area contributed by atoms with E-state index in [4.69, 9.17) is 17.3 Å². The highest BCUT2D eigenvalue weighted by Gasteiger charge is 2.29. The minimum atomic E-state index is -0.194. The van der Waals surface area contributed by atoms with Crippen LogP contribution in [0.25, 0.3) is 0 Å². The number of fused-ring (bicyclic) bond motifs is 1. The van der Waals surface area contributed by atoms with Crippen LogP contribution in [0.2, 0.25) is 5.02 Å². The lowest BCUT2D eigenvalue weighted by Gasteiger charge is -2.11. The molecule has 1 heterocycles. The summed E-state index contributed by atoms with van der Waals surface area (Å²) in [4.78, 5) is 25.2. The normalized spacial score (nSPS) is 14.2. The molecule has 0 unspecified atom stereocenters. The summed E-state index contributed by atoms with van der Waals surface area (Å²) >= 11 is 7.29. The standard InChI is InChI=1S/C15H12ClNO2S/c16-10-6-2-1-4-8(10)13(19)12-9-5-3-7-11(18)14(9)20-15(12)17/h1-2,4,6H,3,5,7,17H2. The number of anilines is 1. The molecule has 3 nitrogen and oxygen atoms in total. The maximum absolute atomic E-state index is 12.7. The number of hydrogen-bond acceptors (Lipinski definition) is 4. The molecule has 20 heavy (non-hydrogen) atoms. The quantitative estimate of drug-likeness (QED) is 0.860. The topological polar surface area (TPSA) is 60.2 Å². The van der Waals surface area contributed by atoms with Crippen molar-refractivity contribution in [1.29, 1.82) is 0 Å². The van der Waals surface area contributed by atoms with E-state index in [1.54, 1.807) is 24.3 Å². The second kappa shape index (κ2) is 5.04. The molecule has 1 aromatic heterocycles. The molecular weight excluding hydrogens is 294 g/mol. The first-order valence-corrected chi connectivity index (χ1v) is 7.52. The monoisotopic (exact) mass is 305 g/mol. The Labute approximate surface area is 125 Å². The second-order valence-electron chi connectivity index (χ2n) is 4.73. The van der Waals surface area contributed by atoms with Crippen LogP contribution >= 0.6 is 22.9 Å². The van der Waals surface area contributed by atoms with Gasteiger partial charge in [0, 0.05) is 12.0 Å². The van der Waals surface area contributed by atoms with Gasteiger partial charge >= 0.3 is 0 Å². The van der Waals surface area contributed by atoms with Gasteiger partial charge in [-0.05, 0) is 30.5 Å². The molecule has 0 aliphatic heterocycles. The number of nitrogens with two attached hydrogens (primary N) is 1. The number of Topliss-reactive ketones (excluding diaryl/α,β-unsaturated/α-hetero) is 1. The Kier molecular flexibility index (Phi) is 3.36. The van der Waals surface area contributed by atoms with Crippen molar-refractivity contribution in [2.24, 2.45) is 0 Å². The predicted molar refractivity (Wildman–Crippen MR) is 80.9 cm³/mol. The van der Waals surface area contributed by atoms with Crippen LogP contribution in [0.4, 0.5) is 5.00 Å². The molecule has 0 saturated heterocycles. The van der Waals surface area contributed by atoms with E-state index < -0.39 is 0 Å². The van der Waals surface area contributed by atoms with E-state index >= 15 is 0 Å². The number of carbonyl (C=O) groups excluding carboxylic acids is 2. The summed E-state index contributed by atoms with van der Waals surface area (Å²) in [5.41, 5.74) is 7.67. The van der Waals surface area contributed by atoms with Gasteiger partial charge in [0.05, 0.1) is 20.5 Å². The minimum absolute atomic E-state index is 0.0844. The third kappa shape index (κ3) is 2.05. The molecule has 0 bridgehead atoms. The summed E-state index contributed by atoms with van der Waals surface area (Å²) in [6.45, 7) is 0. The maximum atomic E-state index is 12.7. The zero-order chi connectivity index (χ0) is 14.3. The van der Waals surface area contributed by atoms with Crippen molar-refractivity contribution in [1.82, 2.24) is 0 Å². The van der Waals surface area contributed by atoms with Crippen LogP contribution in [0, 0.1) is 0 Å². The van der Waals surface area contributed by atoms with Gasteiger partial charge in [-0.2, -0.15) is 0 Å². The molecule has 0 spiro atoms. The molecule has 0 radical (unpaired) electrons. The van der Waals surface area contributed by atoms with Crippen LogP contribution < -0.4 is 5.73 Å². The summed E-state index contributed by atoms with van der Waals surface area (Å²) in [5, 5.41) is 0.814. The predicted octanol–water partition coefficient (Wildman–Crippen LogP) is 3.73. The van der Waals surface area contributed by atoms with Gasteiger partial charge in [0.1, 0.15) is 0 Å². The number of thiophene rings is 1. The van der Waals surface area contributed by atoms with Crippen molar-refractivity contribution < 1.29 is 9.59 Å². The lowest BCUT2D eigenvalue weighted by Crippen LogP contribution is -2.12. The van der Waals surface area contributed by atoms with Gasteiger partial charge < -0.3 is 5.73 Å². The van der Waals surface area contributed by atoms with E-state index in [1.165, 1.54) is 11.3 Å². The summed E-state index contributed by atoms with van der Waals surface area (Å²) in [6.07, 6.45) is 2.03. The molecular formula is C15H12ClNO2S. The highest BCUT2D eigenvalue weighted by Crippen LogP contribution is 2.38. The lowest BCUT2D eigenvalue weighted by atomic mass is 9.91. The Bertz CT molecular complexity index is 721. The fourth-order valence-corrected chi connectivity index (χ4v) is 3.82. The second-order valence-corrected chi connectivity index (χ2v) is 6.19. The maximum Gasteiger partial charge on any atom is 0.197 e. The first kappa shape index (κ1) is 13.3. The van der Waals surface area contributed by atoms with E-state index in [1.807, 2.05) is 0 Å². The molecule has 0 fully saturated rings. The lowest BCUT2D eigenvalue weighted by molar-refractivity contribution is 0.0977. The first-order valence-electron chi connectivity index (χ1n) is 6.33. The van der Waals surface area contributed by atoms with Crippen molar-refractivity contribution in [2.75, 3.05) is 5.73 Å². The third-order valence-electron chi connectivity index (χ3n) is 3.46. The number of halogens is 1. The van der Waals surface area contributed by atoms with E-state index in [9.17, 15) is 9.59 Å². The third-order valence-corrected chi connectivity index (χ3v) is 4.90. The van der Waals surface area contributed by atoms with Crippen LogP contribution in [-0.2, 0) is 6.42 Å². The molecule has 0 atom stereocenters. The van der Waals surface area contributed by atoms with Gasteiger partial charge in [-0.15, -0.1) is 11.3 Å². The van der Waals surface area contributed by atoms with Gasteiger partial charge in [0.2, 0.25) is 0 Å². The Balaban J connectivity index is 2.14. The molecule has 5 heteroatoms. The Morgan fingerprint density at radius 3 is 2.75 bits per heavy atom. The van der Waals surface area contributed by atoms with E-state index in [-0.39, 0.29) is 11.6 Å². The number of ketones is 2. The highest BCUT2D eigenvalue weighted by molar-refractivity contribution is 7.18. The van der Waals surface area contributed by atoms with E-state index in [2.05, 4.69) is 0 Å². The molecule has 1 aromatic carbocycles. The fraction of sp³-hybridized carbons (Fsp3) is 0.200. The Morgan fingerprint density at radius 2 is 2.00 bits per heavy atom. The van der Waals surface area contributed by atoms with Gasteiger partial charge in [0.25, 0.3) is 0 Å². The molecule has 2 aromatic rings. The van der Waals surface area contributed by atoms with Gasteiger partial charge in [-0.25, -0.2) is 0 Å². The van der Waals surface area contributed by atoms with Crippen LogP contribution in [0.1, 0.15) is 44.0 Å². The largest absolute Gasteiger partial charge is 0.390 e. The van der Waals surface area contributed by atoms with Gasteiger partial charge in [-0.3, -0.25) is 9.59 Å². The Morgan fingerprint density at radius 1 is 1.25 bits per heavy atom. The first-order chi connectivity index (χ1) is 9.59. The Hall–Kier alpha value is -1.65. The summed E-state index contributed by atoms with van der Waals surface area (Å²) in [7, 11) is 0. The van der Waals surface area contributed by atoms with Crippen molar-refractivity contribution >= 4 is 39.5 Å². The van der Waals surface area contributed by atoms with Crippen molar-refractivity contribution in [3.63, 3.8) is 0 Å². The van der Waals surface area contributed by atoms with Crippen molar-refractivity contribution in [3.8, 4) is 0 Å². The van der Waals surface area contributed by atoms with Crippen molar-refractivity contribution in [2.45, 2.75) is 19.3 Å². The molecule has 0 amide bonds. The van der Waals surface area contributed by atoms with Crippen LogP contribution in [0.3, 0.4) is 0 Å². The zero-order valence-corrected chi connectivity index (χ0v) is 12.2. The number of carbonyl (C=O) groups is 2. The molecule has 102 valence electrons.